The Hall–Kier alpha value is -2.62. The van der Waals surface area contributed by atoms with Crippen LogP contribution in [0.2, 0.25) is 0 Å². The minimum absolute atomic E-state index is 0.000805. The normalized spacial score (nSPS) is 21.4. The van der Waals surface area contributed by atoms with Crippen molar-refractivity contribution in [2.45, 2.75) is 72.4 Å². The monoisotopic (exact) mass is 448 g/mol. The summed E-state index contributed by atoms with van der Waals surface area (Å²) in [5, 5.41) is 0. The number of hydrogen-bond acceptors (Lipinski definition) is 2. The van der Waals surface area contributed by atoms with Crippen LogP contribution in [-0.2, 0) is 11.2 Å². The molecular formula is C29H40N2O2. The summed E-state index contributed by atoms with van der Waals surface area (Å²) in [6.07, 6.45) is 5.58. The van der Waals surface area contributed by atoms with Gasteiger partial charge in [0, 0.05) is 24.6 Å². The number of benzene rings is 2. The summed E-state index contributed by atoms with van der Waals surface area (Å²) in [5.74, 6) is 0.167. The van der Waals surface area contributed by atoms with Crippen LogP contribution in [0.5, 0.6) is 0 Å². The average molecular weight is 449 g/mol. The molecule has 33 heavy (non-hydrogen) atoms. The van der Waals surface area contributed by atoms with Crippen molar-refractivity contribution < 1.29 is 9.59 Å². The largest absolute Gasteiger partial charge is 0.324 e. The fourth-order valence-corrected chi connectivity index (χ4v) is 5.43. The van der Waals surface area contributed by atoms with Crippen LogP contribution in [0.25, 0.3) is 0 Å². The zero-order valence-corrected chi connectivity index (χ0v) is 21.0. The van der Waals surface area contributed by atoms with Crippen LogP contribution < -0.4 is 0 Å². The van der Waals surface area contributed by atoms with Crippen molar-refractivity contribution in [2.24, 2.45) is 10.8 Å². The first-order valence-corrected chi connectivity index (χ1v) is 12.4. The molecule has 0 radical (unpaired) electrons. The molecule has 2 aromatic carbocycles. The van der Waals surface area contributed by atoms with Gasteiger partial charge in [-0.25, -0.2) is 0 Å². The van der Waals surface area contributed by atoms with Crippen LogP contribution in [0, 0.1) is 10.8 Å². The molecule has 4 nitrogen and oxygen atoms in total. The quantitative estimate of drug-likeness (QED) is 0.453. The Kier molecular flexibility index (Phi) is 7.99. The Morgan fingerprint density at radius 2 is 1.58 bits per heavy atom. The summed E-state index contributed by atoms with van der Waals surface area (Å²) in [6.45, 7) is 8.98. The van der Waals surface area contributed by atoms with Crippen molar-refractivity contribution in [3.63, 3.8) is 0 Å². The fraction of sp³-hybridized carbons (Fsp3) is 0.517. The first-order chi connectivity index (χ1) is 15.7. The van der Waals surface area contributed by atoms with Crippen LogP contribution in [0.1, 0.15) is 75.7 Å². The van der Waals surface area contributed by atoms with Crippen molar-refractivity contribution in [3.8, 4) is 0 Å². The molecule has 1 heterocycles. The van der Waals surface area contributed by atoms with E-state index < -0.39 is 5.41 Å². The first-order valence-electron chi connectivity index (χ1n) is 12.4. The van der Waals surface area contributed by atoms with E-state index >= 15 is 0 Å². The van der Waals surface area contributed by atoms with Crippen LogP contribution in [0.15, 0.2) is 60.7 Å². The maximum Gasteiger partial charge on any atom is 0.255 e. The Labute approximate surface area is 200 Å². The predicted octanol–water partition coefficient (Wildman–Crippen LogP) is 6.17. The van der Waals surface area contributed by atoms with E-state index in [0.717, 1.165) is 31.2 Å². The number of nitrogens with zero attached hydrogens (tertiary/aromatic N) is 2. The Morgan fingerprint density at radius 1 is 0.970 bits per heavy atom. The average Bonchev–Trinajstić information content (AvgIpc) is 2.80. The molecule has 0 aliphatic carbocycles. The highest BCUT2D eigenvalue weighted by molar-refractivity contribution is 5.96. The predicted molar refractivity (Wildman–Crippen MR) is 135 cm³/mol. The molecular weight excluding hydrogens is 408 g/mol. The van der Waals surface area contributed by atoms with E-state index in [0.29, 0.717) is 18.5 Å². The molecule has 2 atom stereocenters. The number of carbonyl (C=O) groups is 2. The van der Waals surface area contributed by atoms with Gasteiger partial charge in [0.05, 0.1) is 5.41 Å². The van der Waals surface area contributed by atoms with Gasteiger partial charge in [-0.1, -0.05) is 102 Å². The van der Waals surface area contributed by atoms with Crippen LogP contribution >= 0.6 is 0 Å². The van der Waals surface area contributed by atoms with Crippen LogP contribution in [0.3, 0.4) is 0 Å². The minimum Gasteiger partial charge on any atom is -0.324 e. The second-order valence-corrected chi connectivity index (χ2v) is 10.7. The van der Waals surface area contributed by atoms with Crippen molar-refractivity contribution in [1.82, 2.24) is 9.80 Å². The molecule has 1 aliphatic heterocycles. The summed E-state index contributed by atoms with van der Waals surface area (Å²) in [5.41, 5.74) is 0.941. The summed E-state index contributed by atoms with van der Waals surface area (Å²) >= 11 is 0. The molecule has 0 saturated carbocycles. The zero-order chi connectivity index (χ0) is 24.1. The van der Waals surface area contributed by atoms with Gasteiger partial charge in [-0.2, -0.15) is 0 Å². The van der Waals surface area contributed by atoms with Crippen LogP contribution in [0.4, 0.5) is 0 Å². The van der Waals surface area contributed by atoms with E-state index in [-0.39, 0.29) is 23.4 Å². The lowest BCUT2D eigenvalue weighted by Crippen LogP contribution is -2.68. The van der Waals surface area contributed by atoms with Crippen LogP contribution in [-0.4, -0.2) is 41.4 Å². The van der Waals surface area contributed by atoms with Crippen molar-refractivity contribution >= 4 is 11.8 Å². The van der Waals surface area contributed by atoms with Gasteiger partial charge in [-0.3, -0.25) is 9.59 Å². The standard InChI is InChI=1S/C29H40N2O2/c1-6-7-8-15-20-29(21-23-16-11-9-12-17-23)22-31(25(32)24-18-13-10-14-19-24)26(28(2,3)4)30(5)27(29)33/h9-14,16-19,26H,6-8,15,20-22H2,1-5H3/t26-,29+/m0/s1. The Bertz CT molecular complexity index is 920. The summed E-state index contributed by atoms with van der Waals surface area (Å²) < 4.78 is 0. The topological polar surface area (TPSA) is 40.6 Å². The lowest BCUT2D eigenvalue weighted by Gasteiger charge is -2.55. The third-order valence-electron chi connectivity index (χ3n) is 6.86. The Morgan fingerprint density at radius 3 is 2.15 bits per heavy atom. The lowest BCUT2D eigenvalue weighted by atomic mass is 9.72. The molecule has 0 bridgehead atoms. The lowest BCUT2D eigenvalue weighted by molar-refractivity contribution is -0.164. The van der Waals surface area contributed by atoms with Gasteiger partial charge in [0.15, 0.2) is 0 Å². The van der Waals surface area contributed by atoms with E-state index in [2.05, 4.69) is 39.8 Å². The van der Waals surface area contributed by atoms with Crippen molar-refractivity contribution in [3.05, 3.63) is 71.8 Å². The van der Waals surface area contributed by atoms with Gasteiger partial charge < -0.3 is 9.80 Å². The Balaban J connectivity index is 2.04. The molecule has 0 aromatic heterocycles. The molecule has 0 spiro atoms. The summed E-state index contributed by atoms with van der Waals surface area (Å²) in [6, 6.07) is 19.7. The summed E-state index contributed by atoms with van der Waals surface area (Å²) in [7, 11) is 1.88. The van der Waals surface area contributed by atoms with Gasteiger partial charge in [-0.05, 0) is 30.5 Å². The van der Waals surface area contributed by atoms with Gasteiger partial charge >= 0.3 is 0 Å². The first kappa shape index (κ1) is 25.0. The van der Waals surface area contributed by atoms with E-state index in [9.17, 15) is 9.59 Å². The van der Waals surface area contributed by atoms with E-state index in [1.807, 2.05) is 65.4 Å². The molecule has 0 N–H and O–H groups in total. The third-order valence-corrected chi connectivity index (χ3v) is 6.86. The zero-order valence-electron chi connectivity index (χ0n) is 21.0. The maximum atomic E-state index is 14.1. The van der Waals surface area contributed by atoms with E-state index in [4.69, 9.17) is 0 Å². The number of unbranched alkanes of at least 4 members (excludes halogenated alkanes) is 3. The highest BCUT2D eigenvalue weighted by atomic mass is 16.2. The number of amides is 2. The molecule has 1 fully saturated rings. The molecule has 1 saturated heterocycles. The van der Waals surface area contributed by atoms with Crippen molar-refractivity contribution in [2.75, 3.05) is 13.6 Å². The molecule has 2 amide bonds. The molecule has 2 aromatic rings. The molecule has 4 heteroatoms. The third kappa shape index (κ3) is 5.66. The smallest absolute Gasteiger partial charge is 0.255 e. The number of hydrogen-bond donors (Lipinski definition) is 0. The van der Waals surface area contributed by atoms with Gasteiger partial charge in [0.2, 0.25) is 5.91 Å². The minimum atomic E-state index is -0.615. The van der Waals surface area contributed by atoms with Gasteiger partial charge in [0.1, 0.15) is 6.17 Å². The second-order valence-electron chi connectivity index (χ2n) is 10.7. The van der Waals surface area contributed by atoms with Crippen molar-refractivity contribution in [1.29, 1.82) is 0 Å². The molecule has 178 valence electrons. The number of carbonyl (C=O) groups excluding carboxylic acids is 2. The molecule has 0 unspecified atom stereocenters. The number of rotatable bonds is 8. The second kappa shape index (κ2) is 10.5. The summed E-state index contributed by atoms with van der Waals surface area (Å²) in [4.78, 5) is 31.7. The van der Waals surface area contributed by atoms with E-state index in [1.165, 1.54) is 6.42 Å². The maximum absolute atomic E-state index is 14.1. The fourth-order valence-electron chi connectivity index (χ4n) is 5.43. The van der Waals surface area contributed by atoms with Gasteiger partial charge in [0.25, 0.3) is 5.91 Å². The van der Waals surface area contributed by atoms with Gasteiger partial charge in [-0.15, -0.1) is 0 Å². The molecule has 3 rings (SSSR count). The molecule has 1 aliphatic rings. The van der Waals surface area contributed by atoms with E-state index in [1.54, 1.807) is 0 Å². The highest BCUT2D eigenvalue weighted by Gasteiger charge is 2.53. The highest BCUT2D eigenvalue weighted by Crippen LogP contribution is 2.42. The SMILES string of the molecule is CCCCCC[C@@]1(Cc2ccccc2)CN(C(=O)c2ccccc2)[C@@H](C(C)(C)C)N(C)C1=O.